The highest BCUT2D eigenvalue weighted by molar-refractivity contribution is 5.84. The second-order valence-electron chi connectivity index (χ2n) is 16.6. The van der Waals surface area contributed by atoms with E-state index >= 15 is 0 Å². The second kappa shape index (κ2) is 16.1. The Balaban J connectivity index is 0.000000238. The van der Waals surface area contributed by atoms with Crippen molar-refractivity contribution in [2.75, 3.05) is 59.0 Å². The van der Waals surface area contributed by atoms with Gasteiger partial charge in [-0.15, -0.1) is 0 Å². The molecule has 0 aromatic carbocycles. The van der Waals surface area contributed by atoms with Gasteiger partial charge in [0, 0.05) is 58.7 Å². The number of nitrogens with zero attached hydrogens (tertiary/aromatic N) is 5. The maximum Gasteiger partial charge on any atom is 0.410 e. The third kappa shape index (κ3) is 11.8. The Kier molecular flexibility index (Phi) is 12.7. The van der Waals surface area contributed by atoms with Crippen molar-refractivity contribution in [2.45, 2.75) is 123 Å². The van der Waals surface area contributed by atoms with E-state index < -0.39 is 23.2 Å². The van der Waals surface area contributed by atoms with Gasteiger partial charge in [0.25, 0.3) is 5.92 Å². The lowest BCUT2D eigenvalue weighted by molar-refractivity contribution is -0.119. The van der Waals surface area contributed by atoms with E-state index in [1.807, 2.05) is 53.4 Å². The zero-order valence-corrected chi connectivity index (χ0v) is 31.5. The summed E-state index contributed by atoms with van der Waals surface area (Å²) >= 11 is 0. The first-order valence-corrected chi connectivity index (χ1v) is 17.9. The number of oxime groups is 2. The van der Waals surface area contributed by atoms with Crippen LogP contribution >= 0.6 is 0 Å². The first-order chi connectivity index (χ1) is 23.7. The van der Waals surface area contributed by atoms with Gasteiger partial charge in [-0.3, -0.25) is 9.69 Å². The minimum atomic E-state index is -2.55. The molecule has 16 heteroatoms. The molecule has 5 heterocycles. The van der Waals surface area contributed by atoms with E-state index in [0.717, 1.165) is 0 Å². The van der Waals surface area contributed by atoms with E-state index in [4.69, 9.17) is 28.6 Å². The number of halogens is 2. The Morgan fingerprint density at radius 1 is 0.745 bits per heavy atom. The number of aldehydes is 1. The molecule has 3 saturated heterocycles. The molecule has 51 heavy (non-hydrogen) atoms. The van der Waals surface area contributed by atoms with Crippen LogP contribution in [0.5, 0.6) is 0 Å². The summed E-state index contributed by atoms with van der Waals surface area (Å²) in [5.41, 5.74) is -1.68. The van der Waals surface area contributed by atoms with Crippen LogP contribution in [0.3, 0.4) is 0 Å². The van der Waals surface area contributed by atoms with Crippen LogP contribution in [0.4, 0.5) is 18.4 Å². The van der Waals surface area contributed by atoms with Crippen molar-refractivity contribution in [2.24, 2.45) is 21.1 Å². The van der Waals surface area contributed by atoms with Gasteiger partial charge in [-0.25, -0.2) is 18.4 Å². The van der Waals surface area contributed by atoms with Crippen molar-refractivity contribution < 1.29 is 51.8 Å². The molecule has 290 valence electrons. The van der Waals surface area contributed by atoms with Crippen molar-refractivity contribution in [3.05, 3.63) is 0 Å². The van der Waals surface area contributed by atoms with Crippen LogP contribution in [-0.2, 0) is 33.4 Å². The minimum Gasteiger partial charge on any atom is -0.470 e. The van der Waals surface area contributed by atoms with Crippen molar-refractivity contribution in [3.63, 3.8) is 0 Å². The van der Waals surface area contributed by atoms with Crippen molar-refractivity contribution in [3.8, 4) is 0 Å². The smallest absolute Gasteiger partial charge is 0.410 e. The van der Waals surface area contributed by atoms with Crippen LogP contribution in [0.1, 0.15) is 93.9 Å². The van der Waals surface area contributed by atoms with Crippen LogP contribution in [0, 0.1) is 10.8 Å². The van der Waals surface area contributed by atoms with Gasteiger partial charge in [-0.05, 0) is 67.2 Å². The number of amides is 2. The Hall–Kier alpha value is -3.43. The zero-order valence-electron chi connectivity index (χ0n) is 31.5. The number of alkyl halides is 2. The molecule has 5 aliphatic heterocycles. The summed E-state index contributed by atoms with van der Waals surface area (Å²) in [7, 11) is 0. The monoisotopic (exact) mass is 729 g/mol. The van der Waals surface area contributed by atoms with E-state index in [1.54, 1.807) is 9.80 Å². The molecule has 0 aromatic rings. The van der Waals surface area contributed by atoms with Gasteiger partial charge in [0.05, 0.1) is 10.8 Å². The summed E-state index contributed by atoms with van der Waals surface area (Å²) in [6.45, 7) is 19.1. The predicted molar refractivity (Wildman–Crippen MR) is 184 cm³/mol. The third-order valence-electron chi connectivity index (χ3n) is 9.61. The summed E-state index contributed by atoms with van der Waals surface area (Å²) in [5, 5.41) is 8.10. The molecule has 2 atom stereocenters. The van der Waals surface area contributed by atoms with Gasteiger partial charge in [0.15, 0.2) is 25.6 Å². The number of hydrogen-bond donors (Lipinski definition) is 0. The second-order valence-corrected chi connectivity index (χ2v) is 16.6. The van der Waals surface area contributed by atoms with Gasteiger partial charge < -0.3 is 38.4 Å². The normalized spacial score (nSPS) is 26.2. The average Bonchev–Trinajstić information content (AvgIpc) is 3.05. The van der Waals surface area contributed by atoms with E-state index in [9.17, 15) is 23.2 Å². The summed E-state index contributed by atoms with van der Waals surface area (Å²) < 4.78 is 49.2. The van der Waals surface area contributed by atoms with Gasteiger partial charge in [0.2, 0.25) is 11.8 Å². The van der Waals surface area contributed by atoms with E-state index in [-0.39, 0.29) is 48.6 Å². The fourth-order valence-electron chi connectivity index (χ4n) is 6.22. The third-order valence-corrected chi connectivity index (χ3v) is 9.61. The van der Waals surface area contributed by atoms with Crippen LogP contribution in [0.25, 0.3) is 0 Å². The maximum atomic E-state index is 13.4. The SMILES string of the molecule is CC(C)(C)OC(=O)N1CCC(C)(C2=NOC[C@@H](CN3CCC(F)(F)CC3)O2)CC1.CC(C)(C)OC(=O)N1CCC(C)(C2=NOC[C@H](C=O)O2)CC1. The number of ether oxygens (including phenoxy) is 4. The largest absolute Gasteiger partial charge is 0.470 e. The molecule has 5 aliphatic rings. The number of hydrogen-bond acceptors (Lipinski definition) is 12. The molecule has 0 radical (unpaired) electrons. The fraction of sp³-hybridized carbons (Fsp3) is 0.857. The van der Waals surface area contributed by atoms with Gasteiger partial charge in [-0.1, -0.05) is 24.2 Å². The van der Waals surface area contributed by atoms with Crippen LogP contribution in [0.2, 0.25) is 0 Å². The topological polar surface area (TPSA) is 141 Å². The standard InChI is InChI=1S/C20H33F2N3O4.C15H24N2O5/c1-18(2,3)29-17(26)25-11-5-19(4,6-12-25)16-23-27-14-15(28-16)13-24-9-7-20(21,22)8-10-24;1-14(2,3)22-13(19)17-7-5-15(4,6-8-17)12-16-20-10-11(9-18)21-12/h15H,5-14H2,1-4H3;9,11H,5-8,10H2,1-4H3/t15-;11-/m10/s1. The summed E-state index contributed by atoms with van der Waals surface area (Å²) in [6.07, 6.45) is 1.80. The Labute approximate surface area is 300 Å². The van der Waals surface area contributed by atoms with Gasteiger partial charge in [0.1, 0.15) is 17.3 Å². The Morgan fingerprint density at radius 2 is 1.18 bits per heavy atom. The average molecular weight is 730 g/mol. The highest BCUT2D eigenvalue weighted by Gasteiger charge is 2.43. The molecule has 0 bridgehead atoms. The highest BCUT2D eigenvalue weighted by atomic mass is 19.3. The van der Waals surface area contributed by atoms with Crippen molar-refractivity contribution in [1.29, 1.82) is 0 Å². The van der Waals surface area contributed by atoms with E-state index in [2.05, 4.69) is 17.2 Å². The Morgan fingerprint density at radius 3 is 1.61 bits per heavy atom. The maximum absolute atomic E-state index is 13.4. The summed E-state index contributed by atoms with van der Waals surface area (Å²) in [5.74, 6) is -1.57. The molecule has 2 amide bonds. The van der Waals surface area contributed by atoms with E-state index in [0.29, 0.717) is 96.2 Å². The number of likely N-dealkylation sites (tertiary alicyclic amines) is 3. The number of carbonyl (C=O) groups is 3. The molecule has 3 fully saturated rings. The van der Waals surface area contributed by atoms with Crippen LogP contribution in [-0.4, -0.2) is 133 Å². The molecular formula is C35H57F2N5O9. The molecule has 0 spiro atoms. The number of piperidine rings is 3. The van der Waals surface area contributed by atoms with E-state index in [1.165, 1.54) is 0 Å². The summed E-state index contributed by atoms with van der Waals surface area (Å²) in [6, 6.07) is 0. The van der Waals surface area contributed by atoms with Crippen molar-refractivity contribution in [1.82, 2.24) is 14.7 Å². The molecule has 5 rings (SSSR count). The molecule has 0 unspecified atom stereocenters. The zero-order chi connectivity index (χ0) is 37.7. The quantitative estimate of drug-likeness (QED) is 0.336. The minimum absolute atomic E-state index is 0.111. The van der Waals surface area contributed by atoms with Crippen LogP contribution in [0.15, 0.2) is 10.3 Å². The summed E-state index contributed by atoms with van der Waals surface area (Å²) in [4.78, 5) is 51.1. The lowest BCUT2D eigenvalue weighted by Gasteiger charge is -2.41. The first-order valence-electron chi connectivity index (χ1n) is 17.9. The highest BCUT2D eigenvalue weighted by Crippen LogP contribution is 2.37. The molecule has 0 N–H and O–H groups in total. The molecule has 0 saturated carbocycles. The Bertz CT molecular complexity index is 1270. The number of rotatable bonds is 5. The molecule has 0 aromatic heterocycles. The number of carbonyl (C=O) groups excluding carboxylic acids is 3. The predicted octanol–water partition coefficient (Wildman–Crippen LogP) is 5.44. The lowest BCUT2D eigenvalue weighted by Crippen LogP contribution is -2.50. The van der Waals surface area contributed by atoms with Gasteiger partial charge in [-0.2, -0.15) is 0 Å². The fourth-order valence-corrected chi connectivity index (χ4v) is 6.22. The van der Waals surface area contributed by atoms with Crippen molar-refractivity contribution >= 4 is 30.3 Å². The van der Waals surface area contributed by atoms with Crippen LogP contribution < -0.4 is 0 Å². The molecular weight excluding hydrogens is 672 g/mol. The molecule has 0 aliphatic carbocycles. The van der Waals surface area contributed by atoms with Gasteiger partial charge >= 0.3 is 12.2 Å². The first kappa shape index (κ1) is 40.3. The lowest BCUT2D eigenvalue weighted by atomic mass is 9.80. The molecule has 14 nitrogen and oxygen atoms in total.